The first-order valence-corrected chi connectivity index (χ1v) is 9.55. The van der Waals surface area contributed by atoms with E-state index in [2.05, 4.69) is 15.3 Å². The SMILES string of the molecule is Cc1cc(C)[nH]n1.Cc1cc(C)n(-c2ccc(F)cc2)n1.OB(O)c1ccc(F)cc1. The highest BCUT2D eigenvalue weighted by Crippen LogP contribution is 2.12. The van der Waals surface area contributed by atoms with E-state index in [0.717, 1.165) is 28.5 Å². The molecule has 0 amide bonds. The Balaban J connectivity index is 0.000000176. The van der Waals surface area contributed by atoms with Gasteiger partial charge in [-0.3, -0.25) is 5.10 Å². The molecule has 0 fully saturated rings. The van der Waals surface area contributed by atoms with Crippen LogP contribution in [-0.2, 0) is 0 Å². The zero-order valence-corrected chi connectivity index (χ0v) is 17.8. The van der Waals surface area contributed by atoms with Crippen LogP contribution in [-0.4, -0.2) is 37.1 Å². The number of hydrogen-bond acceptors (Lipinski definition) is 4. The van der Waals surface area contributed by atoms with Gasteiger partial charge < -0.3 is 10.0 Å². The van der Waals surface area contributed by atoms with Gasteiger partial charge in [0.15, 0.2) is 0 Å². The maximum Gasteiger partial charge on any atom is 0.488 e. The number of hydrogen-bond donors (Lipinski definition) is 3. The first-order valence-electron chi connectivity index (χ1n) is 9.55. The molecule has 6 nitrogen and oxygen atoms in total. The second kappa shape index (κ2) is 11.2. The molecule has 9 heteroatoms. The van der Waals surface area contributed by atoms with E-state index in [1.54, 1.807) is 16.8 Å². The van der Waals surface area contributed by atoms with Crippen molar-refractivity contribution in [2.24, 2.45) is 0 Å². The summed E-state index contributed by atoms with van der Waals surface area (Å²) >= 11 is 0. The quantitative estimate of drug-likeness (QED) is 0.430. The Morgan fingerprint density at radius 3 is 1.71 bits per heavy atom. The normalized spacial score (nSPS) is 9.94. The number of aromatic amines is 1. The molecule has 4 aromatic rings. The predicted molar refractivity (Wildman–Crippen MR) is 117 cm³/mol. The number of nitrogens with zero attached hydrogens (tertiary/aromatic N) is 3. The van der Waals surface area contributed by atoms with Gasteiger partial charge >= 0.3 is 7.12 Å². The fraction of sp³-hybridized carbons (Fsp3) is 0.182. The summed E-state index contributed by atoms with van der Waals surface area (Å²) < 4.78 is 26.7. The minimum atomic E-state index is -1.51. The predicted octanol–water partition coefficient (Wildman–Crippen LogP) is 3.16. The molecule has 0 aliphatic heterocycles. The number of aryl methyl sites for hydroxylation is 4. The summed E-state index contributed by atoms with van der Waals surface area (Å²) in [6.07, 6.45) is 0. The number of H-pyrrole nitrogens is 1. The zero-order valence-electron chi connectivity index (χ0n) is 17.8. The van der Waals surface area contributed by atoms with Crippen molar-refractivity contribution in [2.45, 2.75) is 27.7 Å². The van der Waals surface area contributed by atoms with Gasteiger partial charge in [-0.05, 0) is 81.7 Å². The molecule has 0 unspecified atom stereocenters. The van der Waals surface area contributed by atoms with Crippen molar-refractivity contribution in [1.29, 1.82) is 0 Å². The van der Waals surface area contributed by atoms with Gasteiger partial charge in [-0.1, -0.05) is 12.1 Å². The van der Waals surface area contributed by atoms with Crippen LogP contribution >= 0.6 is 0 Å². The molecule has 2 aromatic carbocycles. The maximum absolute atomic E-state index is 12.7. The molecule has 2 aromatic heterocycles. The zero-order chi connectivity index (χ0) is 23.0. The van der Waals surface area contributed by atoms with Crippen molar-refractivity contribution in [2.75, 3.05) is 0 Å². The third-order valence-electron chi connectivity index (χ3n) is 4.08. The molecular weight excluding hydrogens is 401 g/mol. The summed E-state index contributed by atoms with van der Waals surface area (Å²) in [4.78, 5) is 0. The lowest BCUT2D eigenvalue weighted by molar-refractivity contribution is 0.425. The third-order valence-corrected chi connectivity index (χ3v) is 4.08. The fourth-order valence-electron chi connectivity index (χ4n) is 2.66. The lowest BCUT2D eigenvalue weighted by Gasteiger charge is -2.03. The van der Waals surface area contributed by atoms with Gasteiger partial charge in [0.1, 0.15) is 11.6 Å². The van der Waals surface area contributed by atoms with Crippen LogP contribution in [0.1, 0.15) is 22.8 Å². The van der Waals surface area contributed by atoms with E-state index in [1.807, 2.05) is 39.8 Å². The molecule has 0 bridgehead atoms. The Labute approximate surface area is 180 Å². The second-order valence-electron chi connectivity index (χ2n) is 6.93. The Morgan fingerprint density at radius 1 is 0.806 bits per heavy atom. The molecule has 0 radical (unpaired) electrons. The molecule has 0 aliphatic carbocycles. The first kappa shape index (κ1) is 24.0. The van der Waals surface area contributed by atoms with Crippen LogP contribution in [0, 0.1) is 39.3 Å². The number of aromatic nitrogens is 4. The topological polar surface area (TPSA) is 87.0 Å². The van der Waals surface area contributed by atoms with Crippen molar-refractivity contribution in [3.63, 3.8) is 0 Å². The minimum absolute atomic E-state index is 0.227. The van der Waals surface area contributed by atoms with Gasteiger partial charge in [0, 0.05) is 11.4 Å². The van der Waals surface area contributed by atoms with Crippen LogP contribution in [0.25, 0.3) is 5.69 Å². The lowest BCUT2D eigenvalue weighted by atomic mass is 9.80. The highest BCUT2D eigenvalue weighted by molar-refractivity contribution is 6.58. The first-order chi connectivity index (χ1) is 14.7. The van der Waals surface area contributed by atoms with Gasteiger partial charge in [-0.2, -0.15) is 10.2 Å². The summed E-state index contributed by atoms with van der Waals surface area (Å²) in [6.45, 7) is 7.86. The van der Waals surface area contributed by atoms with Crippen LogP contribution in [0.15, 0.2) is 60.7 Å². The molecule has 0 saturated carbocycles. The largest absolute Gasteiger partial charge is 0.488 e. The van der Waals surface area contributed by atoms with Crippen molar-refractivity contribution in [1.82, 2.24) is 20.0 Å². The van der Waals surface area contributed by atoms with Gasteiger partial charge in [0.25, 0.3) is 0 Å². The van der Waals surface area contributed by atoms with Crippen molar-refractivity contribution >= 4 is 12.6 Å². The van der Waals surface area contributed by atoms with E-state index in [0.29, 0.717) is 5.46 Å². The number of halogens is 2. The molecule has 0 aliphatic rings. The number of rotatable bonds is 2. The Bertz CT molecular complexity index is 1060. The minimum Gasteiger partial charge on any atom is -0.423 e. The summed E-state index contributed by atoms with van der Waals surface area (Å²) in [5.74, 6) is -0.611. The van der Waals surface area contributed by atoms with Crippen LogP contribution in [0.3, 0.4) is 0 Å². The van der Waals surface area contributed by atoms with Crippen LogP contribution in [0.5, 0.6) is 0 Å². The highest BCUT2D eigenvalue weighted by Gasteiger charge is 2.09. The van der Waals surface area contributed by atoms with Gasteiger partial charge in [0.05, 0.1) is 17.1 Å². The number of benzene rings is 2. The smallest absolute Gasteiger partial charge is 0.423 e. The van der Waals surface area contributed by atoms with Crippen LogP contribution in [0.2, 0.25) is 0 Å². The third kappa shape index (κ3) is 7.80. The average Bonchev–Trinajstić information content (AvgIpc) is 3.26. The summed E-state index contributed by atoms with van der Waals surface area (Å²) in [6, 6.07) is 15.3. The fourth-order valence-corrected chi connectivity index (χ4v) is 2.66. The van der Waals surface area contributed by atoms with Crippen molar-refractivity contribution < 1.29 is 18.8 Å². The second-order valence-corrected chi connectivity index (χ2v) is 6.93. The molecule has 4 rings (SSSR count). The van der Waals surface area contributed by atoms with E-state index in [4.69, 9.17) is 10.0 Å². The molecule has 0 spiro atoms. The Morgan fingerprint density at radius 2 is 1.35 bits per heavy atom. The maximum atomic E-state index is 12.7. The van der Waals surface area contributed by atoms with E-state index in [-0.39, 0.29) is 11.6 Å². The van der Waals surface area contributed by atoms with Gasteiger partial charge in [-0.25, -0.2) is 13.5 Å². The Hall–Kier alpha value is -3.30. The molecule has 3 N–H and O–H groups in total. The molecular formula is C22H25BF2N4O2. The van der Waals surface area contributed by atoms with Crippen LogP contribution in [0.4, 0.5) is 8.78 Å². The Kier molecular flexibility index (Phi) is 8.66. The molecule has 2 heterocycles. The molecule has 0 atom stereocenters. The standard InChI is InChI=1S/C11H11FN2.C6H6BFO2.C5H8N2/c1-8-7-9(2)14(13-8)11-5-3-10(12)4-6-11;8-6-3-1-5(2-4-6)7(9)10;1-4-3-5(2)7-6-4/h3-7H,1-2H3;1-4,9-10H;3H,1-2H3,(H,6,7). The van der Waals surface area contributed by atoms with Crippen LogP contribution < -0.4 is 5.46 Å². The molecule has 31 heavy (non-hydrogen) atoms. The van der Waals surface area contributed by atoms with E-state index in [9.17, 15) is 8.78 Å². The van der Waals surface area contributed by atoms with E-state index < -0.39 is 7.12 Å². The summed E-state index contributed by atoms with van der Waals surface area (Å²) in [5, 5.41) is 28.1. The summed E-state index contributed by atoms with van der Waals surface area (Å²) in [7, 11) is -1.51. The van der Waals surface area contributed by atoms with Gasteiger partial charge in [-0.15, -0.1) is 0 Å². The monoisotopic (exact) mass is 426 g/mol. The highest BCUT2D eigenvalue weighted by atomic mass is 19.1. The van der Waals surface area contributed by atoms with E-state index in [1.165, 1.54) is 36.4 Å². The van der Waals surface area contributed by atoms with Crippen molar-refractivity contribution in [3.8, 4) is 5.69 Å². The molecule has 162 valence electrons. The van der Waals surface area contributed by atoms with E-state index >= 15 is 0 Å². The lowest BCUT2D eigenvalue weighted by Crippen LogP contribution is -2.29. The van der Waals surface area contributed by atoms with Gasteiger partial charge in [0.2, 0.25) is 0 Å². The number of nitrogens with one attached hydrogen (secondary N) is 1. The van der Waals surface area contributed by atoms with Crippen molar-refractivity contribution in [3.05, 3.63) is 95.1 Å². The summed E-state index contributed by atoms with van der Waals surface area (Å²) in [5.41, 5.74) is 5.37. The average molecular weight is 426 g/mol. The molecule has 0 saturated heterocycles.